The second kappa shape index (κ2) is 11.8. The SMILES string of the molecule is CC(C)c1ccc(CNC(=O)C(=O)N/N=C\c2cccc(OCC(=O)N3CCCC3)c2)cc1. The van der Waals surface area contributed by atoms with Gasteiger partial charge in [0.1, 0.15) is 5.75 Å². The summed E-state index contributed by atoms with van der Waals surface area (Å²) in [5.74, 6) is -0.687. The lowest BCUT2D eigenvalue weighted by Gasteiger charge is -2.15. The number of carbonyl (C=O) groups excluding carboxylic acids is 3. The summed E-state index contributed by atoms with van der Waals surface area (Å²) < 4.78 is 5.58. The number of likely N-dealkylation sites (tertiary alicyclic amines) is 1. The zero-order valence-corrected chi connectivity index (χ0v) is 19.0. The van der Waals surface area contributed by atoms with E-state index in [1.165, 1.54) is 11.8 Å². The van der Waals surface area contributed by atoms with Gasteiger partial charge in [0.25, 0.3) is 5.91 Å². The van der Waals surface area contributed by atoms with Crippen LogP contribution in [0.3, 0.4) is 0 Å². The van der Waals surface area contributed by atoms with Crippen molar-refractivity contribution in [1.29, 1.82) is 0 Å². The van der Waals surface area contributed by atoms with Crippen molar-refractivity contribution in [2.24, 2.45) is 5.10 Å². The fourth-order valence-corrected chi connectivity index (χ4v) is 3.39. The molecule has 1 fully saturated rings. The second-order valence-electron chi connectivity index (χ2n) is 8.23. The van der Waals surface area contributed by atoms with Crippen LogP contribution in [0.4, 0.5) is 0 Å². The van der Waals surface area contributed by atoms with E-state index in [2.05, 4.69) is 29.7 Å². The van der Waals surface area contributed by atoms with E-state index in [0.29, 0.717) is 17.2 Å². The van der Waals surface area contributed by atoms with E-state index in [1.807, 2.05) is 24.3 Å². The van der Waals surface area contributed by atoms with Crippen LogP contribution in [0.25, 0.3) is 0 Å². The van der Waals surface area contributed by atoms with Gasteiger partial charge in [0.15, 0.2) is 6.61 Å². The van der Waals surface area contributed by atoms with E-state index in [1.54, 1.807) is 29.2 Å². The Morgan fingerprint density at radius 1 is 1.06 bits per heavy atom. The van der Waals surface area contributed by atoms with Crippen LogP contribution in [-0.4, -0.2) is 48.5 Å². The minimum Gasteiger partial charge on any atom is -0.484 e. The van der Waals surface area contributed by atoms with Crippen molar-refractivity contribution in [2.75, 3.05) is 19.7 Å². The number of nitrogens with one attached hydrogen (secondary N) is 2. The maximum absolute atomic E-state index is 12.1. The molecule has 33 heavy (non-hydrogen) atoms. The third-order valence-electron chi connectivity index (χ3n) is 5.36. The molecule has 3 rings (SSSR count). The van der Waals surface area contributed by atoms with Crippen LogP contribution in [0, 0.1) is 0 Å². The first kappa shape index (κ1) is 24.0. The molecule has 2 aromatic carbocycles. The molecule has 1 heterocycles. The average Bonchev–Trinajstić information content (AvgIpc) is 3.36. The van der Waals surface area contributed by atoms with Crippen LogP contribution >= 0.6 is 0 Å². The van der Waals surface area contributed by atoms with Crippen molar-refractivity contribution in [1.82, 2.24) is 15.6 Å². The van der Waals surface area contributed by atoms with Crippen molar-refractivity contribution in [3.8, 4) is 5.75 Å². The number of benzene rings is 2. The van der Waals surface area contributed by atoms with Crippen molar-refractivity contribution in [2.45, 2.75) is 39.2 Å². The minimum absolute atomic E-state index is 0.0162. The highest BCUT2D eigenvalue weighted by molar-refractivity contribution is 6.35. The molecule has 174 valence electrons. The molecule has 0 bridgehead atoms. The third kappa shape index (κ3) is 7.45. The van der Waals surface area contributed by atoms with E-state index < -0.39 is 11.8 Å². The zero-order chi connectivity index (χ0) is 23.6. The van der Waals surface area contributed by atoms with Gasteiger partial charge in [0.2, 0.25) is 0 Å². The summed E-state index contributed by atoms with van der Waals surface area (Å²) in [5.41, 5.74) is 4.99. The molecule has 0 saturated carbocycles. The van der Waals surface area contributed by atoms with Gasteiger partial charge in [-0.25, -0.2) is 5.43 Å². The molecule has 2 N–H and O–H groups in total. The van der Waals surface area contributed by atoms with Crippen molar-refractivity contribution >= 4 is 23.9 Å². The largest absolute Gasteiger partial charge is 0.484 e. The Bertz CT molecular complexity index is 996. The number of nitrogens with zero attached hydrogens (tertiary/aromatic N) is 2. The predicted molar refractivity (Wildman–Crippen MR) is 126 cm³/mol. The first-order valence-electron chi connectivity index (χ1n) is 11.1. The third-order valence-corrected chi connectivity index (χ3v) is 5.36. The van der Waals surface area contributed by atoms with Gasteiger partial charge in [-0.2, -0.15) is 5.10 Å². The molecule has 0 unspecified atom stereocenters. The molecule has 8 heteroatoms. The van der Waals surface area contributed by atoms with Crippen molar-refractivity contribution < 1.29 is 19.1 Å². The molecule has 1 saturated heterocycles. The van der Waals surface area contributed by atoms with Gasteiger partial charge in [-0.05, 0) is 47.6 Å². The summed E-state index contributed by atoms with van der Waals surface area (Å²) in [6, 6.07) is 14.9. The molecular formula is C25H30N4O4. The molecule has 8 nitrogen and oxygen atoms in total. The molecule has 0 aromatic heterocycles. The monoisotopic (exact) mass is 450 g/mol. The molecule has 1 aliphatic heterocycles. The van der Waals surface area contributed by atoms with Crippen LogP contribution in [0.1, 0.15) is 49.3 Å². The smallest absolute Gasteiger partial charge is 0.329 e. The van der Waals surface area contributed by atoms with E-state index >= 15 is 0 Å². The Balaban J connectivity index is 1.42. The fourth-order valence-electron chi connectivity index (χ4n) is 3.39. The summed E-state index contributed by atoms with van der Waals surface area (Å²) in [6.45, 7) is 6.03. The van der Waals surface area contributed by atoms with Crippen molar-refractivity contribution in [3.63, 3.8) is 0 Å². The van der Waals surface area contributed by atoms with Gasteiger partial charge in [0.05, 0.1) is 6.21 Å². The van der Waals surface area contributed by atoms with E-state index in [0.717, 1.165) is 31.5 Å². The lowest BCUT2D eigenvalue weighted by molar-refractivity contribution is -0.139. The van der Waals surface area contributed by atoms with Gasteiger partial charge in [-0.1, -0.05) is 50.2 Å². The Kier molecular flexibility index (Phi) is 8.57. The number of amides is 3. The number of ether oxygens (including phenoxy) is 1. The predicted octanol–water partition coefficient (Wildman–Crippen LogP) is 2.58. The molecule has 0 radical (unpaired) electrons. The molecule has 0 aliphatic carbocycles. The standard InChI is InChI=1S/C25H30N4O4/c1-18(2)21-10-8-19(9-11-21)15-26-24(31)25(32)28-27-16-20-6-5-7-22(14-20)33-17-23(30)29-12-3-4-13-29/h5-11,14,16,18H,3-4,12-13,15,17H2,1-2H3,(H,26,31)(H,28,32)/b27-16-. The number of rotatable bonds is 8. The number of hydrogen-bond acceptors (Lipinski definition) is 5. The van der Waals surface area contributed by atoms with Crippen LogP contribution < -0.4 is 15.5 Å². The normalized spacial score (nSPS) is 13.4. The van der Waals surface area contributed by atoms with Gasteiger partial charge in [-0.15, -0.1) is 0 Å². The fraction of sp³-hybridized carbons (Fsp3) is 0.360. The molecule has 0 atom stereocenters. The van der Waals surface area contributed by atoms with Crippen LogP contribution in [-0.2, 0) is 20.9 Å². The summed E-state index contributed by atoms with van der Waals surface area (Å²) in [5, 5.41) is 6.41. The first-order chi connectivity index (χ1) is 15.9. The van der Waals surface area contributed by atoms with Crippen LogP contribution in [0.2, 0.25) is 0 Å². The zero-order valence-electron chi connectivity index (χ0n) is 19.0. The summed E-state index contributed by atoms with van der Waals surface area (Å²) >= 11 is 0. The lowest BCUT2D eigenvalue weighted by Crippen LogP contribution is -2.37. The number of hydrogen-bond donors (Lipinski definition) is 2. The molecular weight excluding hydrogens is 420 g/mol. The quantitative estimate of drug-likeness (QED) is 0.367. The van der Waals surface area contributed by atoms with Gasteiger partial charge >= 0.3 is 11.8 Å². The van der Waals surface area contributed by atoms with Crippen LogP contribution in [0.5, 0.6) is 5.75 Å². The highest BCUT2D eigenvalue weighted by Gasteiger charge is 2.18. The molecule has 3 amide bonds. The summed E-state index contributed by atoms with van der Waals surface area (Å²) in [7, 11) is 0. The number of hydrazone groups is 1. The number of carbonyl (C=O) groups is 3. The second-order valence-corrected chi connectivity index (χ2v) is 8.23. The van der Waals surface area contributed by atoms with Crippen molar-refractivity contribution in [3.05, 3.63) is 65.2 Å². The molecule has 0 spiro atoms. The van der Waals surface area contributed by atoms with Crippen LogP contribution in [0.15, 0.2) is 53.6 Å². The minimum atomic E-state index is -0.853. The van der Waals surface area contributed by atoms with Gasteiger partial charge in [-0.3, -0.25) is 14.4 Å². The topological polar surface area (TPSA) is 100 Å². The highest BCUT2D eigenvalue weighted by Crippen LogP contribution is 2.15. The summed E-state index contributed by atoms with van der Waals surface area (Å²) in [4.78, 5) is 37.8. The Labute approximate surface area is 194 Å². The Morgan fingerprint density at radius 2 is 1.79 bits per heavy atom. The Hall–Kier alpha value is -3.68. The maximum atomic E-state index is 12.1. The summed E-state index contributed by atoms with van der Waals surface area (Å²) in [6.07, 6.45) is 3.48. The first-order valence-corrected chi connectivity index (χ1v) is 11.1. The highest BCUT2D eigenvalue weighted by atomic mass is 16.5. The lowest BCUT2D eigenvalue weighted by atomic mass is 10.0. The van der Waals surface area contributed by atoms with E-state index in [-0.39, 0.29) is 19.1 Å². The Morgan fingerprint density at radius 3 is 2.48 bits per heavy atom. The van der Waals surface area contributed by atoms with Gasteiger partial charge in [0, 0.05) is 19.6 Å². The molecule has 2 aromatic rings. The maximum Gasteiger partial charge on any atom is 0.329 e. The van der Waals surface area contributed by atoms with Gasteiger partial charge < -0.3 is 15.0 Å². The van der Waals surface area contributed by atoms with E-state index in [4.69, 9.17) is 4.74 Å². The van der Waals surface area contributed by atoms with E-state index in [9.17, 15) is 14.4 Å². The molecule has 1 aliphatic rings. The average molecular weight is 451 g/mol.